The van der Waals surface area contributed by atoms with E-state index in [2.05, 4.69) is 11.9 Å². The van der Waals surface area contributed by atoms with Gasteiger partial charge in [0.25, 0.3) is 0 Å². The highest BCUT2D eigenvalue weighted by Gasteiger charge is 2.30. The molecule has 2 aromatic rings. The van der Waals surface area contributed by atoms with Gasteiger partial charge in [0.2, 0.25) is 0 Å². The molecule has 0 fully saturated rings. The molecule has 0 aliphatic heterocycles. The van der Waals surface area contributed by atoms with E-state index in [-0.39, 0.29) is 0 Å². The molecule has 0 aliphatic rings. The molecule has 0 saturated heterocycles. The van der Waals surface area contributed by atoms with Crippen molar-refractivity contribution in [2.24, 2.45) is 0 Å². The van der Waals surface area contributed by atoms with Crippen LogP contribution in [0.1, 0.15) is 47.9 Å². The standard InChI is InChI=1S/C18H20F3N/c1-13(17-9-10-22-12-14(17)2)5-3-6-15-7-4-8-16(11-15)18(19,20)21/h4,7-13H,3,5-6H2,1-2H3. The van der Waals surface area contributed by atoms with E-state index >= 15 is 0 Å². The summed E-state index contributed by atoms with van der Waals surface area (Å²) in [5, 5.41) is 0. The predicted octanol–water partition coefficient (Wildman–Crippen LogP) is 5.54. The molecule has 1 unspecified atom stereocenters. The maximum Gasteiger partial charge on any atom is 0.416 e. The molecule has 0 amide bonds. The minimum atomic E-state index is -4.27. The van der Waals surface area contributed by atoms with E-state index in [9.17, 15) is 13.2 Å². The van der Waals surface area contributed by atoms with E-state index < -0.39 is 11.7 Å². The van der Waals surface area contributed by atoms with E-state index in [1.807, 2.05) is 19.2 Å². The second-order valence-corrected chi connectivity index (χ2v) is 5.72. The van der Waals surface area contributed by atoms with Crippen LogP contribution in [-0.2, 0) is 12.6 Å². The maximum absolute atomic E-state index is 12.7. The topological polar surface area (TPSA) is 12.9 Å². The van der Waals surface area contributed by atoms with Gasteiger partial charge in [-0.1, -0.05) is 25.1 Å². The lowest BCUT2D eigenvalue weighted by Crippen LogP contribution is -2.05. The SMILES string of the molecule is Cc1cnccc1C(C)CCCc1cccc(C(F)(F)F)c1. The first-order valence-electron chi connectivity index (χ1n) is 7.44. The Labute approximate surface area is 129 Å². The molecule has 0 saturated carbocycles. The van der Waals surface area contributed by atoms with Crippen LogP contribution in [0, 0.1) is 6.92 Å². The van der Waals surface area contributed by atoms with E-state index in [1.165, 1.54) is 17.7 Å². The Bertz CT molecular complexity index is 620. The van der Waals surface area contributed by atoms with Gasteiger partial charge in [-0.3, -0.25) is 4.98 Å². The first-order valence-corrected chi connectivity index (χ1v) is 7.44. The van der Waals surface area contributed by atoms with Crippen molar-refractivity contribution in [3.8, 4) is 0 Å². The zero-order valence-electron chi connectivity index (χ0n) is 12.8. The van der Waals surface area contributed by atoms with Crippen molar-refractivity contribution < 1.29 is 13.2 Å². The van der Waals surface area contributed by atoms with Crippen LogP contribution in [0.15, 0.2) is 42.7 Å². The summed E-state index contributed by atoms with van der Waals surface area (Å²) in [5.74, 6) is 0.383. The Morgan fingerprint density at radius 1 is 1.18 bits per heavy atom. The van der Waals surface area contributed by atoms with Gasteiger partial charge in [-0.2, -0.15) is 13.2 Å². The second-order valence-electron chi connectivity index (χ2n) is 5.72. The number of benzene rings is 1. The minimum absolute atomic E-state index is 0.383. The average Bonchev–Trinajstić information content (AvgIpc) is 2.47. The highest BCUT2D eigenvalue weighted by atomic mass is 19.4. The molecule has 1 atom stereocenters. The van der Waals surface area contributed by atoms with Crippen molar-refractivity contribution in [2.45, 2.75) is 45.2 Å². The molecule has 1 heterocycles. The first-order chi connectivity index (χ1) is 10.4. The largest absolute Gasteiger partial charge is 0.416 e. The minimum Gasteiger partial charge on any atom is -0.264 e. The number of aromatic nitrogens is 1. The smallest absolute Gasteiger partial charge is 0.264 e. The molecular weight excluding hydrogens is 287 g/mol. The maximum atomic E-state index is 12.7. The first kappa shape index (κ1) is 16.5. The summed E-state index contributed by atoms with van der Waals surface area (Å²) in [6.45, 7) is 4.18. The van der Waals surface area contributed by atoms with Gasteiger partial charge < -0.3 is 0 Å². The lowest BCUT2D eigenvalue weighted by atomic mass is 9.92. The quantitative estimate of drug-likeness (QED) is 0.707. The van der Waals surface area contributed by atoms with E-state index in [0.717, 1.165) is 30.0 Å². The fourth-order valence-corrected chi connectivity index (χ4v) is 2.71. The molecule has 4 heteroatoms. The highest BCUT2D eigenvalue weighted by Crippen LogP contribution is 2.30. The monoisotopic (exact) mass is 307 g/mol. The van der Waals surface area contributed by atoms with Crippen molar-refractivity contribution in [3.05, 3.63) is 65.0 Å². The summed E-state index contributed by atoms with van der Waals surface area (Å²) in [5.41, 5.74) is 2.60. The molecule has 22 heavy (non-hydrogen) atoms. The third-order valence-electron chi connectivity index (χ3n) is 3.95. The third-order valence-corrected chi connectivity index (χ3v) is 3.95. The summed E-state index contributed by atoms with van der Waals surface area (Å²) in [4.78, 5) is 4.08. The molecule has 1 aromatic carbocycles. The number of hydrogen-bond acceptors (Lipinski definition) is 1. The van der Waals surface area contributed by atoms with Crippen molar-refractivity contribution >= 4 is 0 Å². The lowest BCUT2D eigenvalue weighted by Gasteiger charge is -2.14. The van der Waals surface area contributed by atoms with Gasteiger partial charge in [-0.05, 0) is 60.9 Å². The Balaban J connectivity index is 1.93. The molecule has 0 radical (unpaired) electrons. The molecule has 0 N–H and O–H groups in total. The lowest BCUT2D eigenvalue weighted by molar-refractivity contribution is -0.137. The van der Waals surface area contributed by atoms with Crippen LogP contribution < -0.4 is 0 Å². The number of aryl methyl sites for hydroxylation is 2. The van der Waals surface area contributed by atoms with E-state index in [1.54, 1.807) is 12.3 Å². The summed E-state index contributed by atoms with van der Waals surface area (Å²) in [6.07, 6.45) is 1.84. The zero-order valence-corrected chi connectivity index (χ0v) is 12.8. The van der Waals surface area contributed by atoms with E-state index in [4.69, 9.17) is 0 Å². The summed E-state index contributed by atoms with van der Waals surface area (Å²) in [6, 6.07) is 7.63. The summed E-state index contributed by atoms with van der Waals surface area (Å²) < 4.78 is 38.0. The molecule has 2 rings (SSSR count). The van der Waals surface area contributed by atoms with Crippen LogP contribution >= 0.6 is 0 Å². The normalized spacial score (nSPS) is 13.1. The van der Waals surface area contributed by atoms with Crippen molar-refractivity contribution in [1.82, 2.24) is 4.98 Å². The van der Waals surface area contributed by atoms with Crippen LogP contribution in [0.2, 0.25) is 0 Å². The Hall–Kier alpha value is -1.84. The van der Waals surface area contributed by atoms with Gasteiger partial charge in [0.15, 0.2) is 0 Å². The van der Waals surface area contributed by atoms with Gasteiger partial charge in [0.05, 0.1) is 5.56 Å². The number of pyridine rings is 1. The molecule has 1 nitrogen and oxygen atoms in total. The van der Waals surface area contributed by atoms with Gasteiger partial charge >= 0.3 is 6.18 Å². The number of hydrogen-bond donors (Lipinski definition) is 0. The highest BCUT2D eigenvalue weighted by molar-refractivity contribution is 5.27. The molecule has 0 bridgehead atoms. The van der Waals surface area contributed by atoms with Crippen molar-refractivity contribution in [1.29, 1.82) is 0 Å². The summed E-state index contributed by atoms with van der Waals surface area (Å²) in [7, 11) is 0. The van der Waals surface area contributed by atoms with Gasteiger partial charge in [-0.15, -0.1) is 0 Å². The average molecular weight is 307 g/mol. The van der Waals surface area contributed by atoms with Gasteiger partial charge in [0.1, 0.15) is 0 Å². The fourth-order valence-electron chi connectivity index (χ4n) is 2.71. The molecule has 1 aromatic heterocycles. The van der Waals surface area contributed by atoms with Crippen molar-refractivity contribution in [2.75, 3.05) is 0 Å². The number of nitrogens with zero attached hydrogens (tertiary/aromatic N) is 1. The Morgan fingerprint density at radius 3 is 2.64 bits per heavy atom. The van der Waals surface area contributed by atoms with Crippen LogP contribution in [0.5, 0.6) is 0 Å². The van der Waals surface area contributed by atoms with Crippen LogP contribution in [-0.4, -0.2) is 4.98 Å². The van der Waals surface area contributed by atoms with Crippen LogP contribution in [0.3, 0.4) is 0 Å². The molecular formula is C18H20F3N. The van der Waals surface area contributed by atoms with Gasteiger partial charge in [-0.25, -0.2) is 0 Å². The second kappa shape index (κ2) is 6.95. The third kappa shape index (κ3) is 4.33. The van der Waals surface area contributed by atoms with Gasteiger partial charge in [0, 0.05) is 12.4 Å². The van der Waals surface area contributed by atoms with E-state index in [0.29, 0.717) is 12.3 Å². The number of rotatable bonds is 5. The Kier molecular flexibility index (Phi) is 5.22. The molecule has 0 spiro atoms. The fraction of sp³-hybridized carbons (Fsp3) is 0.389. The summed E-state index contributed by atoms with van der Waals surface area (Å²) >= 11 is 0. The van der Waals surface area contributed by atoms with Crippen LogP contribution in [0.4, 0.5) is 13.2 Å². The Morgan fingerprint density at radius 2 is 1.95 bits per heavy atom. The zero-order chi connectivity index (χ0) is 16.2. The molecule has 0 aliphatic carbocycles. The predicted molar refractivity (Wildman–Crippen MR) is 81.8 cm³/mol. The molecule has 118 valence electrons. The number of alkyl halides is 3. The van der Waals surface area contributed by atoms with Crippen LogP contribution in [0.25, 0.3) is 0 Å². The number of halogens is 3. The van der Waals surface area contributed by atoms with Crippen molar-refractivity contribution in [3.63, 3.8) is 0 Å².